The summed E-state index contributed by atoms with van der Waals surface area (Å²) in [5.74, 6) is 0.0618. The maximum absolute atomic E-state index is 11.6. The average molecular weight is 239 g/mol. The molecule has 1 aromatic rings. The van der Waals surface area contributed by atoms with Gasteiger partial charge in [0, 0.05) is 19.0 Å². The van der Waals surface area contributed by atoms with Gasteiger partial charge in [-0.25, -0.2) is 0 Å². The van der Waals surface area contributed by atoms with Crippen molar-refractivity contribution in [2.45, 2.75) is 26.7 Å². The van der Waals surface area contributed by atoms with Crippen molar-refractivity contribution in [3.8, 4) is 0 Å². The fourth-order valence-corrected chi connectivity index (χ4v) is 1.42. The number of nitrogens with one attached hydrogen (secondary N) is 1. The molecular weight excluding hydrogens is 222 g/mol. The number of carbonyl (C=O) groups excluding carboxylic acids is 2. The third kappa shape index (κ3) is 4.26. The van der Waals surface area contributed by atoms with Crippen LogP contribution in [0.5, 0.6) is 0 Å². The van der Waals surface area contributed by atoms with Crippen LogP contribution in [0.2, 0.25) is 0 Å². The zero-order chi connectivity index (χ0) is 12.7. The van der Waals surface area contributed by atoms with Crippen LogP contribution < -0.4 is 5.32 Å². The first kappa shape index (κ1) is 13.2. The van der Waals surface area contributed by atoms with Gasteiger partial charge in [0.05, 0.1) is 6.54 Å². The lowest BCUT2D eigenvalue weighted by atomic mass is 10.3. The number of hydrogen-bond acceptors (Lipinski definition) is 4. The zero-order valence-corrected chi connectivity index (χ0v) is 10.1. The van der Waals surface area contributed by atoms with Gasteiger partial charge in [0.25, 0.3) is 0 Å². The molecule has 0 saturated heterocycles. The van der Waals surface area contributed by atoms with E-state index in [1.165, 1.54) is 11.2 Å². The largest absolute Gasteiger partial charge is 0.363 e. The Morgan fingerprint density at radius 3 is 2.76 bits per heavy atom. The van der Waals surface area contributed by atoms with Gasteiger partial charge in [0.15, 0.2) is 5.82 Å². The molecule has 6 nitrogen and oxygen atoms in total. The lowest BCUT2D eigenvalue weighted by Gasteiger charge is -2.20. The Morgan fingerprint density at radius 1 is 1.47 bits per heavy atom. The highest BCUT2D eigenvalue weighted by Gasteiger charge is 2.15. The van der Waals surface area contributed by atoms with E-state index in [4.69, 9.17) is 0 Å². The van der Waals surface area contributed by atoms with Crippen LogP contribution in [-0.2, 0) is 9.59 Å². The monoisotopic (exact) mass is 239 g/mol. The number of aromatic nitrogens is 1. The van der Waals surface area contributed by atoms with Crippen molar-refractivity contribution in [1.82, 2.24) is 10.1 Å². The number of anilines is 1. The molecule has 6 heteroatoms. The lowest BCUT2D eigenvalue weighted by Crippen LogP contribution is -2.38. The van der Waals surface area contributed by atoms with Gasteiger partial charge < -0.3 is 14.7 Å². The summed E-state index contributed by atoms with van der Waals surface area (Å²) in [7, 11) is 0. The normalized spacial score (nSPS) is 10.0. The Morgan fingerprint density at radius 2 is 2.24 bits per heavy atom. The van der Waals surface area contributed by atoms with E-state index in [2.05, 4.69) is 15.0 Å². The van der Waals surface area contributed by atoms with Gasteiger partial charge in [-0.1, -0.05) is 19.0 Å². The van der Waals surface area contributed by atoms with Gasteiger partial charge in [-0.3, -0.25) is 9.59 Å². The molecule has 0 unspecified atom stereocenters. The van der Waals surface area contributed by atoms with Crippen LogP contribution in [-0.4, -0.2) is 35.0 Å². The third-order valence-electron chi connectivity index (χ3n) is 2.19. The summed E-state index contributed by atoms with van der Waals surface area (Å²) in [5, 5.41) is 6.12. The topological polar surface area (TPSA) is 75.4 Å². The highest BCUT2D eigenvalue weighted by molar-refractivity contribution is 5.93. The van der Waals surface area contributed by atoms with Gasteiger partial charge >= 0.3 is 0 Å². The van der Waals surface area contributed by atoms with E-state index in [9.17, 15) is 9.59 Å². The van der Waals surface area contributed by atoms with Crippen LogP contribution in [0.3, 0.4) is 0 Å². The summed E-state index contributed by atoms with van der Waals surface area (Å²) >= 11 is 0. The first-order valence-electron chi connectivity index (χ1n) is 5.65. The molecule has 0 aliphatic heterocycles. The predicted octanol–water partition coefficient (Wildman–Crippen LogP) is 1.26. The van der Waals surface area contributed by atoms with E-state index in [0.717, 1.165) is 6.42 Å². The van der Waals surface area contributed by atoms with Crippen molar-refractivity contribution in [3.05, 3.63) is 12.3 Å². The summed E-state index contributed by atoms with van der Waals surface area (Å²) in [6.45, 7) is 4.37. The summed E-state index contributed by atoms with van der Waals surface area (Å²) in [4.78, 5) is 24.7. The molecule has 1 heterocycles. The molecule has 0 aromatic carbocycles. The fraction of sp³-hybridized carbons (Fsp3) is 0.545. The first-order chi connectivity index (χ1) is 8.17. The van der Waals surface area contributed by atoms with Crippen LogP contribution in [0.15, 0.2) is 16.9 Å². The minimum atomic E-state index is -0.269. The molecule has 0 atom stereocenters. The second kappa shape index (κ2) is 6.67. The summed E-state index contributed by atoms with van der Waals surface area (Å²) in [6.07, 6.45) is 2.59. The Kier molecular flexibility index (Phi) is 5.19. The summed E-state index contributed by atoms with van der Waals surface area (Å²) in [6, 6.07) is 1.55. The van der Waals surface area contributed by atoms with Crippen LogP contribution >= 0.6 is 0 Å². The van der Waals surface area contributed by atoms with Gasteiger partial charge in [-0.05, 0) is 6.42 Å². The molecule has 17 heavy (non-hydrogen) atoms. The smallest absolute Gasteiger partial charge is 0.245 e. The van der Waals surface area contributed by atoms with Crippen LogP contribution in [0.1, 0.15) is 26.7 Å². The first-order valence-corrected chi connectivity index (χ1v) is 5.65. The van der Waals surface area contributed by atoms with Crippen LogP contribution in [0.25, 0.3) is 0 Å². The summed E-state index contributed by atoms with van der Waals surface area (Å²) in [5.41, 5.74) is 0. The Bertz CT molecular complexity index is 362. The Hall–Kier alpha value is -1.85. The Balaban J connectivity index is 2.49. The molecule has 2 amide bonds. The molecule has 0 radical (unpaired) electrons. The van der Waals surface area contributed by atoms with E-state index in [1.807, 2.05) is 6.92 Å². The molecule has 1 aromatic heterocycles. The van der Waals surface area contributed by atoms with Crippen molar-refractivity contribution in [2.24, 2.45) is 0 Å². The molecule has 0 spiro atoms. The predicted molar refractivity (Wildman–Crippen MR) is 62.3 cm³/mol. The maximum Gasteiger partial charge on any atom is 0.245 e. The van der Waals surface area contributed by atoms with Gasteiger partial charge in [0.2, 0.25) is 11.8 Å². The molecule has 0 saturated carbocycles. The van der Waals surface area contributed by atoms with E-state index in [-0.39, 0.29) is 18.4 Å². The van der Waals surface area contributed by atoms with Crippen molar-refractivity contribution in [1.29, 1.82) is 0 Å². The van der Waals surface area contributed by atoms with Crippen molar-refractivity contribution in [3.63, 3.8) is 0 Å². The second-order valence-corrected chi connectivity index (χ2v) is 3.60. The molecule has 1 N–H and O–H groups in total. The van der Waals surface area contributed by atoms with E-state index in [0.29, 0.717) is 18.8 Å². The lowest BCUT2D eigenvalue weighted by molar-refractivity contribution is -0.134. The summed E-state index contributed by atoms with van der Waals surface area (Å²) < 4.78 is 4.59. The van der Waals surface area contributed by atoms with E-state index >= 15 is 0 Å². The average Bonchev–Trinajstić information content (AvgIpc) is 2.80. The molecule has 0 fully saturated rings. The van der Waals surface area contributed by atoms with Gasteiger partial charge in [-0.2, -0.15) is 0 Å². The zero-order valence-electron chi connectivity index (χ0n) is 10.1. The molecular formula is C11H17N3O3. The highest BCUT2D eigenvalue weighted by Crippen LogP contribution is 2.02. The van der Waals surface area contributed by atoms with Crippen molar-refractivity contribution < 1.29 is 14.1 Å². The van der Waals surface area contributed by atoms with Gasteiger partial charge in [-0.15, -0.1) is 0 Å². The van der Waals surface area contributed by atoms with Gasteiger partial charge in [0.1, 0.15) is 6.26 Å². The standard InChI is InChI=1S/C11H17N3O3/c1-3-6-14(11(16)4-2)8-10(15)12-9-5-7-17-13-9/h5,7H,3-4,6,8H2,1-2H3,(H,12,13,15). The number of nitrogens with zero attached hydrogens (tertiary/aromatic N) is 2. The quantitative estimate of drug-likeness (QED) is 0.811. The number of hydrogen-bond donors (Lipinski definition) is 1. The number of carbonyl (C=O) groups is 2. The van der Waals surface area contributed by atoms with Crippen LogP contribution in [0, 0.1) is 0 Å². The minimum absolute atomic E-state index is 0.0258. The Labute approximate surface area is 99.9 Å². The van der Waals surface area contributed by atoms with Crippen LogP contribution in [0.4, 0.5) is 5.82 Å². The minimum Gasteiger partial charge on any atom is -0.363 e. The number of amides is 2. The molecule has 0 bridgehead atoms. The second-order valence-electron chi connectivity index (χ2n) is 3.60. The van der Waals surface area contributed by atoms with E-state index < -0.39 is 0 Å². The molecule has 0 aliphatic carbocycles. The SMILES string of the molecule is CCCN(CC(=O)Nc1ccon1)C(=O)CC. The maximum atomic E-state index is 11.6. The van der Waals surface area contributed by atoms with Crippen molar-refractivity contribution in [2.75, 3.05) is 18.4 Å². The fourth-order valence-electron chi connectivity index (χ4n) is 1.42. The highest BCUT2D eigenvalue weighted by atomic mass is 16.5. The van der Waals surface area contributed by atoms with E-state index in [1.54, 1.807) is 13.0 Å². The molecule has 94 valence electrons. The van der Waals surface area contributed by atoms with Crippen molar-refractivity contribution >= 4 is 17.6 Å². The third-order valence-corrected chi connectivity index (χ3v) is 2.19. The molecule has 0 aliphatic rings. The number of rotatable bonds is 6. The molecule has 1 rings (SSSR count).